The van der Waals surface area contributed by atoms with E-state index >= 15 is 0 Å². The molecule has 18 heavy (non-hydrogen) atoms. The van der Waals surface area contributed by atoms with Gasteiger partial charge in [0.1, 0.15) is 0 Å². The number of anilines is 1. The standard InChI is InChI=1S/C11H17N5O2/c1-15-11(18-2)5-10(14-15)12-6-9-7-13-16(8-9)3-4-17/h5,7-8,17H,3-4,6H2,1-2H3,(H,12,14). The summed E-state index contributed by atoms with van der Waals surface area (Å²) in [7, 11) is 3.43. The van der Waals surface area contributed by atoms with E-state index in [4.69, 9.17) is 9.84 Å². The van der Waals surface area contributed by atoms with E-state index in [0.717, 1.165) is 11.4 Å². The summed E-state index contributed by atoms with van der Waals surface area (Å²) in [5.41, 5.74) is 1.04. The molecular weight excluding hydrogens is 234 g/mol. The second-order valence-electron chi connectivity index (χ2n) is 3.88. The van der Waals surface area contributed by atoms with Crippen LogP contribution in [-0.4, -0.2) is 38.4 Å². The van der Waals surface area contributed by atoms with Crippen LogP contribution in [0.1, 0.15) is 5.56 Å². The van der Waals surface area contributed by atoms with Crippen LogP contribution in [0.15, 0.2) is 18.5 Å². The third kappa shape index (κ3) is 2.80. The predicted molar refractivity (Wildman–Crippen MR) is 66.4 cm³/mol. The van der Waals surface area contributed by atoms with Gasteiger partial charge in [-0.2, -0.15) is 10.2 Å². The van der Waals surface area contributed by atoms with Crippen molar-refractivity contribution in [1.29, 1.82) is 0 Å². The lowest BCUT2D eigenvalue weighted by atomic mass is 10.3. The minimum Gasteiger partial charge on any atom is -0.481 e. The molecular formula is C11H17N5O2. The minimum absolute atomic E-state index is 0.0893. The van der Waals surface area contributed by atoms with Crippen molar-refractivity contribution in [2.75, 3.05) is 19.0 Å². The quantitative estimate of drug-likeness (QED) is 0.768. The first-order chi connectivity index (χ1) is 8.72. The summed E-state index contributed by atoms with van der Waals surface area (Å²) < 4.78 is 8.50. The van der Waals surface area contributed by atoms with E-state index < -0.39 is 0 Å². The lowest BCUT2D eigenvalue weighted by molar-refractivity contribution is 0.269. The fraction of sp³-hybridized carbons (Fsp3) is 0.455. The molecule has 0 fully saturated rings. The van der Waals surface area contributed by atoms with Gasteiger partial charge in [0.2, 0.25) is 5.88 Å². The average molecular weight is 251 g/mol. The Labute approximate surface area is 105 Å². The molecule has 7 nitrogen and oxygen atoms in total. The summed E-state index contributed by atoms with van der Waals surface area (Å²) in [5.74, 6) is 1.46. The predicted octanol–water partition coefficient (Wildman–Crippen LogP) is 0.230. The average Bonchev–Trinajstić information content (AvgIpc) is 2.94. The molecule has 0 amide bonds. The first kappa shape index (κ1) is 12.4. The number of nitrogens with zero attached hydrogens (tertiary/aromatic N) is 4. The summed E-state index contributed by atoms with van der Waals surface area (Å²) in [6.45, 7) is 1.23. The van der Waals surface area contributed by atoms with E-state index in [1.54, 1.807) is 22.7 Å². The Morgan fingerprint density at radius 2 is 2.33 bits per heavy atom. The second-order valence-corrected chi connectivity index (χ2v) is 3.88. The van der Waals surface area contributed by atoms with E-state index in [1.807, 2.05) is 19.3 Å². The van der Waals surface area contributed by atoms with Crippen molar-refractivity contribution in [2.24, 2.45) is 7.05 Å². The number of methoxy groups -OCH3 is 1. The zero-order valence-corrected chi connectivity index (χ0v) is 10.5. The summed E-state index contributed by atoms with van der Waals surface area (Å²) in [4.78, 5) is 0. The van der Waals surface area contributed by atoms with Gasteiger partial charge >= 0.3 is 0 Å². The fourth-order valence-electron chi connectivity index (χ4n) is 1.64. The maximum absolute atomic E-state index is 8.79. The van der Waals surface area contributed by atoms with E-state index in [2.05, 4.69) is 15.5 Å². The van der Waals surface area contributed by atoms with Gasteiger partial charge in [-0.1, -0.05) is 0 Å². The zero-order valence-electron chi connectivity index (χ0n) is 10.5. The van der Waals surface area contributed by atoms with Crippen LogP contribution in [0.25, 0.3) is 0 Å². The Morgan fingerprint density at radius 1 is 1.50 bits per heavy atom. The van der Waals surface area contributed by atoms with Crippen LogP contribution < -0.4 is 10.1 Å². The summed E-state index contributed by atoms with van der Waals surface area (Å²) in [6, 6.07) is 1.83. The highest BCUT2D eigenvalue weighted by molar-refractivity contribution is 5.39. The Balaban J connectivity index is 1.93. The topological polar surface area (TPSA) is 77.1 Å². The largest absolute Gasteiger partial charge is 0.481 e. The van der Waals surface area contributed by atoms with Gasteiger partial charge in [0.05, 0.1) is 26.5 Å². The number of aliphatic hydroxyl groups excluding tert-OH is 1. The zero-order chi connectivity index (χ0) is 13.0. The highest BCUT2D eigenvalue weighted by atomic mass is 16.5. The Morgan fingerprint density at radius 3 is 3.00 bits per heavy atom. The normalized spacial score (nSPS) is 10.6. The molecule has 2 heterocycles. The van der Waals surface area contributed by atoms with Gasteiger partial charge < -0.3 is 15.2 Å². The number of rotatable bonds is 6. The number of hydrogen-bond donors (Lipinski definition) is 2. The van der Waals surface area contributed by atoms with E-state index in [0.29, 0.717) is 19.0 Å². The van der Waals surface area contributed by atoms with E-state index in [-0.39, 0.29) is 6.61 Å². The van der Waals surface area contributed by atoms with Gasteiger partial charge in [-0.25, -0.2) is 4.68 Å². The van der Waals surface area contributed by atoms with Crippen LogP contribution in [0, 0.1) is 0 Å². The third-order valence-corrected chi connectivity index (χ3v) is 2.54. The minimum atomic E-state index is 0.0893. The lowest BCUT2D eigenvalue weighted by Crippen LogP contribution is -2.02. The van der Waals surface area contributed by atoms with Crippen LogP contribution in [-0.2, 0) is 20.1 Å². The Kier molecular flexibility index (Phi) is 3.83. The van der Waals surface area contributed by atoms with Crippen molar-refractivity contribution in [1.82, 2.24) is 19.6 Å². The van der Waals surface area contributed by atoms with E-state index in [9.17, 15) is 0 Å². The lowest BCUT2D eigenvalue weighted by Gasteiger charge is -1.99. The number of ether oxygens (including phenoxy) is 1. The first-order valence-corrected chi connectivity index (χ1v) is 5.67. The van der Waals surface area contributed by atoms with Gasteiger partial charge in [0.25, 0.3) is 0 Å². The number of nitrogens with one attached hydrogen (secondary N) is 1. The van der Waals surface area contributed by atoms with Gasteiger partial charge in [-0.3, -0.25) is 4.68 Å². The summed E-state index contributed by atoms with van der Waals surface area (Å²) >= 11 is 0. The van der Waals surface area contributed by atoms with Crippen molar-refractivity contribution in [3.8, 4) is 5.88 Å². The molecule has 0 saturated carbocycles. The number of aryl methyl sites for hydroxylation is 1. The second kappa shape index (κ2) is 5.54. The number of aliphatic hydroxyl groups is 1. The molecule has 0 aliphatic rings. The molecule has 0 unspecified atom stereocenters. The Hall–Kier alpha value is -2.02. The summed E-state index contributed by atoms with van der Waals surface area (Å²) in [5, 5.41) is 20.4. The molecule has 0 spiro atoms. The van der Waals surface area contributed by atoms with Crippen LogP contribution in [0.3, 0.4) is 0 Å². The third-order valence-electron chi connectivity index (χ3n) is 2.54. The van der Waals surface area contributed by atoms with Crippen LogP contribution in [0.5, 0.6) is 5.88 Å². The van der Waals surface area contributed by atoms with Gasteiger partial charge in [-0.15, -0.1) is 0 Å². The van der Waals surface area contributed by atoms with Crippen LogP contribution in [0.4, 0.5) is 5.82 Å². The number of hydrogen-bond acceptors (Lipinski definition) is 5. The smallest absolute Gasteiger partial charge is 0.213 e. The number of aromatic nitrogens is 4. The van der Waals surface area contributed by atoms with E-state index in [1.165, 1.54) is 0 Å². The molecule has 0 atom stereocenters. The SMILES string of the molecule is COc1cc(NCc2cnn(CCO)c2)nn1C. The molecule has 0 aromatic carbocycles. The molecule has 0 saturated heterocycles. The maximum Gasteiger partial charge on any atom is 0.213 e. The monoisotopic (exact) mass is 251 g/mol. The molecule has 98 valence electrons. The summed E-state index contributed by atoms with van der Waals surface area (Å²) in [6.07, 6.45) is 3.66. The molecule has 2 aromatic heterocycles. The molecule has 0 aliphatic heterocycles. The molecule has 2 rings (SSSR count). The van der Waals surface area contributed by atoms with Crippen molar-refractivity contribution < 1.29 is 9.84 Å². The van der Waals surface area contributed by atoms with Gasteiger partial charge in [0, 0.05) is 31.4 Å². The Bertz CT molecular complexity index is 505. The molecule has 2 aromatic rings. The maximum atomic E-state index is 8.79. The van der Waals surface area contributed by atoms with Gasteiger partial charge in [-0.05, 0) is 0 Å². The highest BCUT2D eigenvalue weighted by Gasteiger charge is 2.05. The fourth-order valence-corrected chi connectivity index (χ4v) is 1.64. The van der Waals surface area contributed by atoms with Crippen molar-refractivity contribution in [3.05, 3.63) is 24.0 Å². The van der Waals surface area contributed by atoms with Crippen molar-refractivity contribution >= 4 is 5.82 Å². The highest BCUT2D eigenvalue weighted by Crippen LogP contribution is 2.15. The van der Waals surface area contributed by atoms with Crippen LogP contribution >= 0.6 is 0 Å². The molecule has 0 bridgehead atoms. The van der Waals surface area contributed by atoms with Gasteiger partial charge in [0.15, 0.2) is 5.82 Å². The molecule has 0 aliphatic carbocycles. The molecule has 0 radical (unpaired) electrons. The first-order valence-electron chi connectivity index (χ1n) is 5.67. The molecule has 7 heteroatoms. The van der Waals surface area contributed by atoms with Crippen molar-refractivity contribution in [3.63, 3.8) is 0 Å². The van der Waals surface area contributed by atoms with Crippen LogP contribution in [0.2, 0.25) is 0 Å². The van der Waals surface area contributed by atoms with Crippen molar-refractivity contribution in [2.45, 2.75) is 13.1 Å². The molecule has 2 N–H and O–H groups in total.